The first-order valence-corrected chi connectivity index (χ1v) is 11.7. The highest BCUT2D eigenvalue weighted by atomic mass is 19.4. The number of aromatic nitrogens is 4. The molecule has 1 aliphatic rings. The number of ether oxygens (including phenoxy) is 1. The van der Waals surface area contributed by atoms with Crippen molar-refractivity contribution in [2.24, 2.45) is 5.92 Å². The van der Waals surface area contributed by atoms with Crippen molar-refractivity contribution < 1.29 is 22.7 Å². The van der Waals surface area contributed by atoms with Crippen molar-refractivity contribution in [3.63, 3.8) is 0 Å². The summed E-state index contributed by atoms with van der Waals surface area (Å²) in [6, 6.07) is 8.18. The van der Waals surface area contributed by atoms with E-state index in [9.17, 15) is 18.0 Å². The predicted molar refractivity (Wildman–Crippen MR) is 132 cm³/mol. The van der Waals surface area contributed by atoms with Gasteiger partial charge in [0.25, 0.3) is 5.91 Å². The Hall–Kier alpha value is -3.99. The largest absolute Gasteiger partial charge is 0.416 e. The van der Waals surface area contributed by atoms with Crippen LogP contribution in [-0.2, 0) is 16.5 Å². The molecule has 0 spiro atoms. The molecule has 0 saturated carbocycles. The van der Waals surface area contributed by atoms with E-state index in [0.717, 1.165) is 36.3 Å². The molecular formula is C26H25F3N6O2. The van der Waals surface area contributed by atoms with E-state index in [4.69, 9.17) is 15.5 Å². The number of nitrogen functional groups attached to an aromatic ring is 1. The number of hydrogen-bond acceptors (Lipinski definition) is 6. The third-order valence-electron chi connectivity index (χ3n) is 6.30. The van der Waals surface area contributed by atoms with Crippen LogP contribution in [0, 0.1) is 12.8 Å². The van der Waals surface area contributed by atoms with Gasteiger partial charge >= 0.3 is 6.18 Å². The second-order valence-corrected chi connectivity index (χ2v) is 9.56. The van der Waals surface area contributed by atoms with Gasteiger partial charge in [-0.3, -0.25) is 9.20 Å². The van der Waals surface area contributed by atoms with Crippen LogP contribution in [0.1, 0.15) is 47.7 Å². The number of nitrogens with zero attached hydrogens (tertiary/aromatic N) is 4. The molecule has 192 valence electrons. The molecule has 4 heterocycles. The lowest BCUT2D eigenvalue weighted by molar-refractivity contribution is -0.137. The first kappa shape index (κ1) is 24.7. The lowest BCUT2D eigenvalue weighted by Gasteiger charge is -2.17. The molecule has 1 unspecified atom stereocenters. The van der Waals surface area contributed by atoms with Crippen molar-refractivity contribution >= 4 is 23.1 Å². The van der Waals surface area contributed by atoms with E-state index in [1.54, 1.807) is 30.5 Å². The average Bonchev–Trinajstić information content (AvgIpc) is 3.52. The van der Waals surface area contributed by atoms with Gasteiger partial charge in [-0.1, -0.05) is 26.0 Å². The fourth-order valence-electron chi connectivity index (χ4n) is 4.60. The van der Waals surface area contributed by atoms with Crippen LogP contribution in [-0.4, -0.2) is 31.9 Å². The molecule has 1 amide bonds. The third kappa shape index (κ3) is 4.62. The van der Waals surface area contributed by atoms with Crippen molar-refractivity contribution in [3.8, 4) is 11.3 Å². The van der Waals surface area contributed by atoms with Crippen molar-refractivity contribution in [2.75, 3.05) is 17.7 Å². The molecule has 1 fully saturated rings. The predicted octanol–water partition coefficient (Wildman–Crippen LogP) is 5.22. The molecular weight excluding hydrogens is 485 g/mol. The summed E-state index contributed by atoms with van der Waals surface area (Å²) < 4.78 is 46.7. The number of anilines is 2. The summed E-state index contributed by atoms with van der Waals surface area (Å²) in [6.07, 6.45) is -0.957. The van der Waals surface area contributed by atoms with E-state index in [0.29, 0.717) is 35.1 Å². The summed E-state index contributed by atoms with van der Waals surface area (Å²) in [4.78, 5) is 25.6. The molecule has 4 aromatic rings. The van der Waals surface area contributed by atoms with Gasteiger partial charge < -0.3 is 15.8 Å². The molecule has 1 aromatic carbocycles. The number of alkyl halides is 3. The van der Waals surface area contributed by atoms with Gasteiger partial charge in [-0.2, -0.15) is 13.2 Å². The number of carbonyl (C=O) groups excluding carboxylic acids is 1. The maximum Gasteiger partial charge on any atom is 0.416 e. The number of amides is 1. The van der Waals surface area contributed by atoms with Crippen molar-refractivity contribution in [1.82, 2.24) is 19.4 Å². The zero-order valence-electron chi connectivity index (χ0n) is 20.4. The molecule has 0 aliphatic carbocycles. The number of aryl methyl sites for hydroxylation is 1. The molecule has 8 nitrogen and oxygen atoms in total. The quantitative estimate of drug-likeness (QED) is 0.344. The topological polar surface area (TPSA) is 111 Å². The fourth-order valence-corrected chi connectivity index (χ4v) is 4.60. The van der Waals surface area contributed by atoms with E-state index in [1.165, 1.54) is 0 Å². The van der Waals surface area contributed by atoms with E-state index in [1.807, 2.05) is 11.3 Å². The van der Waals surface area contributed by atoms with E-state index >= 15 is 0 Å². The number of benzene rings is 1. The van der Waals surface area contributed by atoms with Gasteiger partial charge in [0.05, 0.1) is 24.1 Å². The molecule has 5 rings (SSSR count). The Kier molecular flexibility index (Phi) is 5.90. The van der Waals surface area contributed by atoms with Crippen LogP contribution in [0.3, 0.4) is 0 Å². The summed E-state index contributed by atoms with van der Waals surface area (Å²) in [6.45, 7) is 6.76. The fraction of sp³-hybridized carbons (Fsp3) is 0.308. The van der Waals surface area contributed by atoms with Crippen LogP contribution < -0.4 is 11.1 Å². The number of rotatable bonds is 6. The number of pyridine rings is 1. The molecule has 0 bridgehead atoms. The number of imidazole rings is 1. The number of nitrogens with one attached hydrogen (secondary N) is 1. The van der Waals surface area contributed by atoms with Gasteiger partial charge in [0, 0.05) is 17.3 Å². The molecule has 1 saturated heterocycles. The minimum Gasteiger partial charge on any atom is -0.382 e. The lowest BCUT2D eigenvalue weighted by atomic mass is 9.94. The second-order valence-electron chi connectivity index (χ2n) is 9.56. The van der Waals surface area contributed by atoms with Crippen LogP contribution >= 0.6 is 0 Å². The molecule has 0 radical (unpaired) electrons. The van der Waals surface area contributed by atoms with E-state index < -0.39 is 23.2 Å². The van der Waals surface area contributed by atoms with Crippen LogP contribution in [0.25, 0.3) is 16.8 Å². The van der Waals surface area contributed by atoms with E-state index in [-0.39, 0.29) is 11.4 Å². The number of halogens is 3. The zero-order valence-corrected chi connectivity index (χ0v) is 20.4. The Bertz CT molecular complexity index is 1490. The van der Waals surface area contributed by atoms with Gasteiger partial charge in [-0.15, -0.1) is 0 Å². The highest BCUT2D eigenvalue weighted by Gasteiger charge is 2.49. The Morgan fingerprint density at radius 2 is 1.92 bits per heavy atom. The molecule has 1 aliphatic heterocycles. The summed E-state index contributed by atoms with van der Waals surface area (Å²) in [5.74, 6) is 0.684. The van der Waals surface area contributed by atoms with Crippen LogP contribution in [0.5, 0.6) is 0 Å². The Morgan fingerprint density at radius 1 is 1.22 bits per heavy atom. The highest BCUT2D eigenvalue weighted by molar-refractivity contribution is 6.04. The third-order valence-corrected chi connectivity index (χ3v) is 6.30. The normalized spacial score (nSPS) is 17.4. The minimum absolute atomic E-state index is 0.191. The van der Waals surface area contributed by atoms with Crippen LogP contribution in [0.2, 0.25) is 0 Å². The smallest absolute Gasteiger partial charge is 0.382 e. The average molecular weight is 511 g/mol. The number of fused-ring (bicyclic) bond motifs is 1. The standard InChI is InChI=1S/C26H25F3N6O2/c1-14(2)11-25(13-37-25)19-12-32-23(30)22-21(33-15(3)35(19)22)16-4-6-17(7-5-16)24(36)34-20-10-18(8-9-31-20)26(27,28)29/h4-10,12,14H,11,13H2,1-3H3,(H2,30,32)(H,31,34,36). The second kappa shape index (κ2) is 8.84. The van der Waals surface area contributed by atoms with Gasteiger partial charge in [0.2, 0.25) is 0 Å². The molecule has 37 heavy (non-hydrogen) atoms. The van der Waals surface area contributed by atoms with Gasteiger partial charge in [0.1, 0.15) is 34.3 Å². The van der Waals surface area contributed by atoms with Crippen LogP contribution in [0.4, 0.5) is 24.8 Å². The SMILES string of the molecule is Cc1nc(-c2ccc(C(=O)Nc3cc(C(F)(F)F)ccn3)cc2)c2c(N)ncc(C3(CC(C)C)CO3)n12. The number of carbonyl (C=O) groups is 1. The Morgan fingerprint density at radius 3 is 2.54 bits per heavy atom. The Labute approximate surface area is 210 Å². The maximum atomic E-state index is 13.0. The van der Waals surface area contributed by atoms with Gasteiger partial charge in [0.15, 0.2) is 0 Å². The minimum atomic E-state index is -4.54. The maximum absolute atomic E-state index is 13.0. The van der Waals surface area contributed by atoms with E-state index in [2.05, 4.69) is 29.1 Å². The lowest BCUT2D eigenvalue weighted by Crippen LogP contribution is -2.18. The number of epoxide rings is 1. The summed E-state index contributed by atoms with van der Waals surface area (Å²) in [5, 5.41) is 2.41. The first-order valence-electron chi connectivity index (χ1n) is 11.7. The Balaban J connectivity index is 1.45. The van der Waals surface area contributed by atoms with Crippen molar-refractivity contribution in [2.45, 2.75) is 39.0 Å². The summed E-state index contributed by atoms with van der Waals surface area (Å²) in [5.41, 5.74) is 8.08. The summed E-state index contributed by atoms with van der Waals surface area (Å²) >= 11 is 0. The number of hydrogen-bond donors (Lipinski definition) is 2. The van der Waals surface area contributed by atoms with Crippen LogP contribution in [0.15, 0.2) is 48.8 Å². The van der Waals surface area contributed by atoms with Crippen molar-refractivity contribution in [1.29, 1.82) is 0 Å². The van der Waals surface area contributed by atoms with Crippen molar-refractivity contribution in [3.05, 3.63) is 71.4 Å². The molecule has 1 atom stereocenters. The highest BCUT2D eigenvalue weighted by Crippen LogP contribution is 2.45. The summed E-state index contributed by atoms with van der Waals surface area (Å²) in [7, 11) is 0. The number of nitrogens with two attached hydrogens (primary N) is 1. The monoisotopic (exact) mass is 510 g/mol. The van der Waals surface area contributed by atoms with Gasteiger partial charge in [-0.25, -0.2) is 15.0 Å². The zero-order chi connectivity index (χ0) is 26.5. The van der Waals surface area contributed by atoms with Gasteiger partial charge in [-0.05, 0) is 43.5 Å². The molecule has 3 aromatic heterocycles. The molecule has 11 heteroatoms. The first-order chi connectivity index (χ1) is 17.5. The molecule has 3 N–H and O–H groups in total.